The first-order valence-corrected chi connectivity index (χ1v) is 9.32. The molecule has 1 aromatic heterocycles. The molecule has 11 heteroatoms. The zero-order valence-corrected chi connectivity index (χ0v) is 17.3. The first-order chi connectivity index (χ1) is 14.8. The quantitative estimate of drug-likeness (QED) is 0.419. The smallest absolute Gasteiger partial charge is 0.287 e. The Morgan fingerprint density at radius 1 is 0.935 bits per heavy atom. The molecule has 0 aliphatic carbocycles. The molecular formula is C20H24N4O7. The Balaban J connectivity index is 1.74. The average Bonchev–Trinajstić information content (AvgIpc) is 3.29. The minimum atomic E-state index is -0.661. The van der Waals surface area contributed by atoms with Gasteiger partial charge in [0, 0.05) is 5.56 Å². The number of hydrogen-bond donors (Lipinski definition) is 4. The summed E-state index contributed by atoms with van der Waals surface area (Å²) in [5, 5.41) is 4.65. The van der Waals surface area contributed by atoms with Crippen molar-refractivity contribution in [2.75, 3.05) is 20.2 Å². The number of amides is 4. The molecule has 0 fully saturated rings. The van der Waals surface area contributed by atoms with Crippen LogP contribution in [0.1, 0.15) is 34.8 Å². The second-order valence-corrected chi connectivity index (χ2v) is 6.47. The van der Waals surface area contributed by atoms with Gasteiger partial charge >= 0.3 is 0 Å². The van der Waals surface area contributed by atoms with E-state index in [9.17, 15) is 19.2 Å². The van der Waals surface area contributed by atoms with Gasteiger partial charge < -0.3 is 24.5 Å². The average molecular weight is 432 g/mol. The third-order valence-electron chi connectivity index (χ3n) is 3.70. The van der Waals surface area contributed by atoms with Crippen LogP contribution in [0.2, 0.25) is 0 Å². The lowest BCUT2D eigenvalue weighted by Crippen LogP contribution is -2.47. The van der Waals surface area contributed by atoms with Gasteiger partial charge in [-0.25, -0.2) is 0 Å². The summed E-state index contributed by atoms with van der Waals surface area (Å²) in [5.74, 6) is -1.47. The zero-order valence-electron chi connectivity index (χ0n) is 17.3. The first-order valence-electron chi connectivity index (χ1n) is 9.32. The van der Waals surface area contributed by atoms with Crippen LogP contribution >= 0.6 is 0 Å². The Morgan fingerprint density at radius 3 is 2.32 bits per heavy atom. The van der Waals surface area contributed by atoms with E-state index >= 15 is 0 Å². The Hall–Kier alpha value is -4.02. The van der Waals surface area contributed by atoms with E-state index in [0.717, 1.165) is 0 Å². The lowest BCUT2D eigenvalue weighted by atomic mass is 10.2. The lowest BCUT2D eigenvalue weighted by molar-refractivity contribution is -0.125. The molecule has 4 amide bonds. The van der Waals surface area contributed by atoms with E-state index in [4.69, 9.17) is 13.9 Å². The highest BCUT2D eigenvalue weighted by molar-refractivity contribution is 5.97. The number of benzene rings is 1. The first kappa shape index (κ1) is 23.3. The van der Waals surface area contributed by atoms with E-state index < -0.39 is 30.2 Å². The molecular weight excluding hydrogens is 408 g/mol. The third-order valence-corrected chi connectivity index (χ3v) is 3.70. The van der Waals surface area contributed by atoms with E-state index in [2.05, 4.69) is 21.5 Å². The van der Waals surface area contributed by atoms with Gasteiger partial charge in [0.1, 0.15) is 0 Å². The van der Waals surface area contributed by atoms with Gasteiger partial charge in [-0.15, -0.1) is 0 Å². The van der Waals surface area contributed by atoms with E-state index in [-0.39, 0.29) is 24.0 Å². The lowest BCUT2D eigenvalue weighted by Gasteiger charge is -2.14. The number of methoxy groups -OCH3 is 1. The van der Waals surface area contributed by atoms with E-state index in [1.807, 2.05) is 13.8 Å². The van der Waals surface area contributed by atoms with Crippen LogP contribution in [-0.2, 0) is 9.59 Å². The van der Waals surface area contributed by atoms with Crippen molar-refractivity contribution >= 4 is 23.6 Å². The van der Waals surface area contributed by atoms with Crippen molar-refractivity contribution in [3.8, 4) is 11.5 Å². The van der Waals surface area contributed by atoms with Gasteiger partial charge in [0.15, 0.2) is 17.3 Å². The standard InChI is InChI=1S/C20H24N4O7/c1-12(2)31-14-7-6-13(9-16(14)29-3)19(27)24-23-18(26)11-21-17(25)10-22-20(28)15-5-4-8-30-15/h4-9,12H,10-11H2,1-3H3,(H,21,25)(H,22,28)(H,23,26)(H,24,27). The molecule has 2 rings (SSSR count). The van der Waals surface area contributed by atoms with Crippen LogP contribution in [0.4, 0.5) is 0 Å². The molecule has 0 radical (unpaired) electrons. The van der Waals surface area contributed by atoms with Crippen LogP contribution in [-0.4, -0.2) is 49.9 Å². The Morgan fingerprint density at radius 2 is 1.68 bits per heavy atom. The molecule has 0 bridgehead atoms. The summed E-state index contributed by atoms with van der Waals surface area (Å²) in [6, 6.07) is 7.57. The normalized spacial score (nSPS) is 10.2. The summed E-state index contributed by atoms with van der Waals surface area (Å²) < 4.78 is 15.7. The minimum Gasteiger partial charge on any atom is -0.493 e. The van der Waals surface area contributed by atoms with Crippen molar-refractivity contribution in [2.24, 2.45) is 0 Å². The summed E-state index contributed by atoms with van der Waals surface area (Å²) in [6.45, 7) is 2.98. The van der Waals surface area contributed by atoms with E-state index in [1.165, 1.54) is 37.6 Å². The van der Waals surface area contributed by atoms with Crippen molar-refractivity contribution < 1.29 is 33.1 Å². The number of rotatable bonds is 9. The van der Waals surface area contributed by atoms with Crippen molar-refractivity contribution in [3.05, 3.63) is 47.9 Å². The molecule has 11 nitrogen and oxygen atoms in total. The predicted molar refractivity (Wildman–Crippen MR) is 108 cm³/mol. The molecule has 0 spiro atoms. The van der Waals surface area contributed by atoms with Crippen LogP contribution in [0.15, 0.2) is 41.0 Å². The van der Waals surface area contributed by atoms with Crippen LogP contribution in [0, 0.1) is 0 Å². The maximum absolute atomic E-state index is 12.2. The van der Waals surface area contributed by atoms with Gasteiger partial charge in [-0.1, -0.05) is 0 Å². The van der Waals surface area contributed by atoms with Crippen molar-refractivity contribution in [1.82, 2.24) is 21.5 Å². The topological polar surface area (TPSA) is 148 Å². The Labute approximate surface area is 178 Å². The molecule has 0 aliphatic heterocycles. The zero-order chi connectivity index (χ0) is 22.8. The van der Waals surface area contributed by atoms with Gasteiger partial charge in [-0.05, 0) is 44.2 Å². The fraction of sp³-hybridized carbons (Fsp3) is 0.300. The SMILES string of the molecule is COc1cc(C(=O)NNC(=O)CNC(=O)CNC(=O)c2ccco2)ccc1OC(C)C. The number of hydrogen-bond acceptors (Lipinski definition) is 7. The predicted octanol–water partition coefficient (Wildman–Crippen LogP) is 0.383. The second-order valence-electron chi connectivity index (χ2n) is 6.47. The van der Waals surface area contributed by atoms with Crippen LogP contribution in [0.5, 0.6) is 11.5 Å². The van der Waals surface area contributed by atoms with Gasteiger partial charge in [0.2, 0.25) is 5.91 Å². The molecule has 0 saturated carbocycles. The molecule has 0 aliphatic rings. The highest BCUT2D eigenvalue weighted by Gasteiger charge is 2.14. The maximum Gasteiger partial charge on any atom is 0.287 e. The number of ether oxygens (including phenoxy) is 2. The molecule has 0 saturated heterocycles. The number of nitrogens with one attached hydrogen (secondary N) is 4. The number of furan rings is 1. The maximum atomic E-state index is 12.2. The summed E-state index contributed by atoms with van der Waals surface area (Å²) in [6.07, 6.45) is 1.26. The summed E-state index contributed by atoms with van der Waals surface area (Å²) >= 11 is 0. The molecule has 0 unspecified atom stereocenters. The molecule has 2 aromatic rings. The van der Waals surface area contributed by atoms with Crippen LogP contribution in [0.3, 0.4) is 0 Å². The van der Waals surface area contributed by atoms with Gasteiger partial charge in [-0.3, -0.25) is 30.0 Å². The number of hydrazine groups is 1. The molecule has 1 heterocycles. The monoisotopic (exact) mass is 432 g/mol. The van der Waals surface area contributed by atoms with E-state index in [0.29, 0.717) is 11.5 Å². The van der Waals surface area contributed by atoms with Gasteiger partial charge in [0.05, 0.1) is 32.6 Å². The molecule has 1 aromatic carbocycles. The van der Waals surface area contributed by atoms with E-state index in [1.54, 1.807) is 6.07 Å². The fourth-order valence-electron chi connectivity index (χ4n) is 2.30. The fourth-order valence-corrected chi connectivity index (χ4v) is 2.30. The van der Waals surface area contributed by atoms with Crippen molar-refractivity contribution in [2.45, 2.75) is 20.0 Å². The van der Waals surface area contributed by atoms with Gasteiger partial charge in [0.25, 0.3) is 17.7 Å². The largest absolute Gasteiger partial charge is 0.493 e. The Bertz CT molecular complexity index is 926. The number of carbonyl (C=O) groups is 4. The second kappa shape index (κ2) is 11.2. The summed E-state index contributed by atoms with van der Waals surface area (Å²) in [7, 11) is 1.45. The van der Waals surface area contributed by atoms with Gasteiger partial charge in [-0.2, -0.15) is 0 Å². The third kappa shape index (κ3) is 7.38. The molecule has 4 N–H and O–H groups in total. The highest BCUT2D eigenvalue weighted by Crippen LogP contribution is 2.28. The summed E-state index contributed by atoms with van der Waals surface area (Å²) in [5.41, 5.74) is 4.65. The Kier molecular flexibility index (Phi) is 8.43. The van der Waals surface area contributed by atoms with Crippen molar-refractivity contribution in [3.63, 3.8) is 0 Å². The summed E-state index contributed by atoms with van der Waals surface area (Å²) in [4.78, 5) is 47.4. The molecule has 0 atom stereocenters. The molecule has 166 valence electrons. The minimum absolute atomic E-state index is 0.0636. The van der Waals surface area contributed by atoms with Crippen molar-refractivity contribution in [1.29, 1.82) is 0 Å². The van der Waals surface area contributed by atoms with Crippen LogP contribution < -0.4 is 31.0 Å². The number of carbonyl (C=O) groups excluding carboxylic acids is 4. The highest BCUT2D eigenvalue weighted by atomic mass is 16.5. The molecule has 31 heavy (non-hydrogen) atoms. The van der Waals surface area contributed by atoms with Crippen LogP contribution in [0.25, 0.3) is 0 Å².